The van der Waals surface area contributed by atoms with Crippen molar-refractivity contribution in [3.63, 3.8) is 0 Å². The first-order valence-electron chi connectivity index (χ1n) is 5.01. The molecule has 1 atom stereocenters. The van der Waals surface area contributed by atoms with Gasteiger partial charge in [0.1, 0.15) is 0 Å². The predicted molar refractivity (Wildman–Crippen MR) is 59.8 cm³/mol. The SMILES string of the molecule is CNCCCC(C)n1cc(Cl)c(C)n1. The number of nitrogens with one attached hydrogen (secondary N) is 1. The van der Waals surface area contributed by atoms with Crippen LogP contribution in [0.2, 0.25) is 5.02 Å². The van der Waals surface area contributed by atoms with E-state index in [4.69, 9.17) is 11.6 Å². The van der Waals surface area contributed by atoms with E-state index in [1.807, 2.05) is 24.9 Å². The molecule has 1 N–H and O–H groups in total. The molecule has 0 aliphatic carbocycles. The Hall–Kier alpha value is -0.540. The van der Waals surface area contributed by atoms with Crippen molar-refractivity contribution in [2.45, 2.75) is 32.7 Å². The van der Waals surface area contributed by atoms with Crippen molar-refractivity contribution in [3.05, 3.63) is 16.9 Å². The smallest absolute Gasteiger partial charge is 0.0815 e. The minimum Gasteiger partial charge on any atom is -0.320 e. The highest BCUT2D eigenvalue weighted by atomic mass is 35.5. The summed E-state index contributed by atoms with van der Waals surface area (Å²) in [5.41, 5.74) is 0.909. The Bertz CT molecular complexity index is 263. The zero-order valence-electron chi connectivity index (χ0n) is 9.05. The van der Waals surface area contributed by atoms with Crippen LogP contribution in [0.5, 0.6) is 0 Å². The van der Waals surface area contributed by atoms with E-state index < -0.39 is 0 Å². The maximum Gasteiger partial charge on any atom is 0.0815 e. The highest BCUT2D eigenvalue weighted by Crippen LogP contribution is 2.18. The fraction of sp³-hybridized carbons (Fsp3) is 0.700. The molecule has 0 fully saturated rings. The maximum absolute atomic E-state index is 5.94. The summed E-state index contributed by atoms with van der Waals surface area (Å²) >= 11 is 5.94. The van der Waals surface area contributed by atoms with Crippen LogP contribution in [0.3, 0.4) is 0 Å². The minimum absolute atomic E-state index is 0.426. The van der Waals surface area contributed by atoms with Crippen molar-refractivity contribution in [2.75, 3.05) is 13.6 Å². The van der Waals surface area contributed by atoms with Gasteiger partial charge in [0.05, 0.1) is 10.7 Å². The average Bonchev–Trinajstić information content (AvgIpc) is 2.47. The molecule has 0 saturated carbocycles. The second kappa shape index (κ2) is 5.37. The van der Waals surface area contributed by atoms with Crippen LogP contribution in [0, 0.1) is 6.92 Å². The van der Waals surface area contributed by atoms with Gasteiger partial charge in [-0.05, 0) is 40.3 Å². The molecule has 1 heterocycles. The molecule has 0 spiro atoms. The average molecular weight is 216 g/mol. The van der Waals surface area contributed by atoms with E-state index in [-0.39, 0.29) is 0 Å². The Morgan fingerprint density at radius 1 is 1.64 bits per heavy atom. The van der Waals surface area contributed by atoms with E-state index in [0.717, 1.165) is 30.1 Å². The molecule has 4 heteroatoms. The van der Waals surface area contributed by atoms with Gasteiger partial charge in [-0.15, -0.1) is 0 Å². The summed E-state index contributed by atoms with van der Waals surface area (Å²) in [5.74, 6) is 0. The Balaban J connectivity index is 2.47. The molecule has 80 valence electrons. The molecule has 3 nitrogen and oxygen atoms in total. The molecule has 1 rings (SSSR count). The lowest BCUT2D eigenvalue weighted by atomic mass is 10.2. The van der Waals surface area contributed by atoms with Crippen LogP contribution in [0.25, 0.3) is 0 Å². The number of hydrogen-bond donors (Lipinski definition) is 1. The summed E-state index contributed by atoms with van der Waals surface area (Å²) in [6.07, 6.45) is 4.19. The zero-order chi connectivity index (χ0) is 10.6. The molecule has 1 unspecified atom stereocenters. The Labute approximate surface area is 90.4 Å². The Kier molecular flexibility index (Phi) is 4.42. The highest BCUT2D eigenvalue weighted by Gasteiger charge is 2.08. The number of hydrogen-bond acceptors (Lipinski definition) is 2. The molecule has 0 amide bonds. The Morgan fingerprint density at radius 2 is 2.36 bits per heavy atom. The molecule has 0 aromatic carbocycles. The predicted octanol–water partition coefficient (Wildman–Crippen LogP) is 2.41. The van der Waals surface area contributed by atoms with Gasteiger partial charge in [-0.1, -0.05) is 11.6 Å². The highest BCUT2D eigenvalue weighted by molar-refractivity contribution is 6.31. The molecule has 0 saturated heterocycles. The minimum atomic E-state index is 0.426. The summed E-state index contributed by atoms with van der Waals surface area (Å²) < 4.78 is 1.95. The third-order valence-corrected chi connectivity index (χ3v) is 2.73. The molecule has 1 aromatic rings. The van der Waals surface area contributed by atoms with Crippen molar-refractivity contribution < 1.29 is 0 Å². The summed E-state index contributed by atoms with van der Waals surface area (Å²) in [6, 6.07) is 0.426. The molecular weight excluding hydrogens is 198 g/mol. The lowest BCUT2D eigenvalue weighted by molar-refractivity contribution is 0.441. The van der Waals surface area contributed by atoms with Gasteiger partial charge in [0.2, 0.25) is 0 Å². The molecule has 0 aliphatic rings. The van der Waals surface area contributed by atoms with Gasteiger partial charge in [0.15, 0.2) is 0 Å². The van der Waals surface area contributed by atoms with E-state index in [2.05, 4.69) is 17.3 Å². The lowest BCUT2D eigenvalue weighted by Crippen LogP contribution is -2.11. The van der Waals surface area contributed by atoms with Crippen molar-refractivity contribution in [2.24, 2.45) is 0 Å². The van der Waals surface area contributed by atoms with Crippen LogP contribution < -0.4 is 5.32 Å². The molecule has 0 bridgehead atoms. The van der Waals surface area contributed by atoms with Crippen molar-refractivity contribution in [3.8, 4) is 0 Å². The van der Waals surface area contributed by atoms with Gasteiger partial charge in [0.25, 0.3) is 0 Å². The summed E-state index contributed by atoms with van der Waals surface area (Å²) in [5, 5.41) is 8.24. The van der Waals surface area contributed by atoms with Gasteiger partial charge < -0.3 is 5.32 Å². The number of halogens is 1. The van der Waals surface area contributed by atoms with E-state index in [1.54, 1.807) is 0 Å². The van der Waals surface area contributed by atoms with Crippen LogP contribution in [-0.2, 0) is 0 Å². The fourth-order valence-electron chi connectivity index (χ4n) is 1.39. The lowest BCUT2D eigenvalue weighted by Gasteiger charge is -2.11. The third kappa shape index (κ3) is 3.00. The second-order valence-corrected chi connectivity index (χ2v) is 4.04. The van der Waals surface area contributed by atoms with E-state index in [0.29, 0.717) is 6.04 Å². The van der Waals surface area contributed by atoms with Crippen molar-refractivity contribution >= 4 is 11.6 Å². The normalized spacial score (nSPS) is 13.1. The second-order valence-electron chi connectivity index (χ2n) is 3.64. The third-order valence-electron chi connectivity index (χ3n) is 2.36. The first kappa shape index (κ1) is 11.5. The number of nitrogens with zero attached hydrogens (tertiary/aromatic N) is 2. The van der Waals surface area contributed by atoms with Crippen LogP contribution in [-0.4, -0.2) is 23.4 Å². The Morgan fingerprint density at radius 3 is 2.86 bits per heavy atom. The molecular formula is C10H18ClN3. The standard InChI is InChI=1S/C10H18ClN3/c1-8(5-4-6-12-3)14-7-10(11)9(2)13-14/h7-8,12H,4-6H2,1-3H3. The summed E-state index contributed by atoms with van der Waals surface area (Å²) in [4.78, 5) is 0. The van der Waals surface area contributed by atoms with Crippen LogP contribution in [0.15, 0.2) is 6.20 Å². The summed E-state index contributed by atoms with van der Waals surface area (Å²) in [7, 11) is 1.97. The van der Waals surface area contributed by atoms with Crippen LogP contribution in [0.4, 0.5) is 0 Å². The molecule has 0 aliphatic heterocycles. The number of aryl methyl sites for hydroxylation is 1. The van der Waals surface area contributed by atoms with E-state index in [1.165, 1.54) is 0 Å². The van der Waals surface area contributed by atoms with Gasteiger partial charge in [-0.3, -0.25) is 4.68 Å². The van der Waals surface area contributed by atoms with Crippen molar-refractivity contribution in [1.82, 2.24) is 15.1 Å². The fourth-order valence-corrected chi connectivity index (χ4v) is 1.53. The van der Waals surface area contributed by atoms with Crippen LogP contribution in [0.1, 0.15) is 31.5 Å². The topological polar surface area (TPSA) is 29.9 Å². The van der Waals surface area contributed by atoms with E-state index in [9.17, 15) is 0 Å². The first-order chi connectivity index (χ1) is 6.65. The quantitative estimate of drug-likeness (QED) is 0.765. The van der Waals surface area contributed by atoms with Gasteiger partial charge >= 0.3 is 0 Å². The van der Waals surface area contributed by atoms with E-state index >= 15 is 0 Å². The van der Waals surface area contributed by atoms with Crippen LogP contribution >= 0.6 is 11.6 Å². The van der Waals surface area contributed by atoms with Crippen molar-refractivity contribution in [1.29, 1.82) is 0 Å². The number of aromatic nitrogens is 2. The summed E-state index contributed by atoms with van der Waals surface area (Å²) in [6.45, 7) is 5.15. The monoisotopic (exact) mass is 215 g/mol. The zero-order valence-corrected chi connectivity index (χ0v) is 9.80. The van der Waals surface area contributed by atoms with Gasteiger partial charge in [0, 0.05) is 12.2 Å². The molecule has 1 aromatic heterocycles. The molecule has 0 radical (unpaired) electrons. The van der Waals surface area contributed by atoms with Gasteiger partial charge in [-0.2, -0.15) is 5.10 Å². The first-order valence-corrected chi connectivity index (χ1v) is 5.38. The molecule has 14 heavy (non-hydrogen) atoms. The number of rotatable bonds is 5. The maximum atomic E-state index is 5.94. The largest absolute Gasteiger partial charge is 0.320 e. The van der Waals surface area contributed by atoms with Gasteiger partial charge in [-0.25, -0.2) is 0 Å².